The Labute approximate surface area is 139 Å². The largest absolute Gasteiger partial charge is 0.354 e. The van der Waals surface area contributed by atoms with E-state index in [1.807, 2.05) is 24.3 Å². The van der Waals surface area contributed by atoms with Gasteiger partial charge in [0.25, 0.3) is 0 Å². The molecule has 0 aliphatic rings. The number of hydrogen-bond acceptors (Lipinski definition) is 3. The molecule has 0 fully saturated rings. The van der Waals surface area contributed by atoms with Crippen molar-refractivity contribution in [2.75, 3.05) is 5.32 Å². The van der Waals surface area contributed by atoms with Gasteiger partial charge in [-0.15, -0.1) is 11.3 Å². The summed E-state index contributed by atoms with van der Waals surface area (Å²) in [7, 11) is 0. The number of thiophene rings is 1. The summed E-state index contributed by atoms with van der Waals surface area (Å²) in [5.41, 5.74) is 6.64. The first-order chi connectivity index (χ1) is 11.3. The van der Waals surface area contributed by atoms with Crippen LogP contribution in [0.3, 0.4) is 0 Å². The highest BCUT2D eigenvalue weighted by molar-refractivity contribution is 7.17. The van der Waals surface area contributed by atoms with Crippen molar-refractivity contribution in [3.8, 4) is 11.3 Å². The molecule has 2 aromatic heterocycles. The monoisotopic (exact) mass is 316 g/mol. The molecule has 0 saturated carbocycles. The molecule has 0 aliphatic carbocycles. The minimum atomic E-state index is 1.04. The first-order valence-corrected chi connectivity index (χ1v) is 8.46. The fourth-order valence-electron chi connectivity index (χ4n) is 2.76. The van der Waals surface area contributed by atoms with E-state index in [0.29, 0.717) is 0 Å². The molecular formula is C20H16N2S. The van der Waals surface area contributed by atoms with Crippen LogP contribution in [0.5, 0.6) is 0 Å². The lowest BCUT2D eigenvalue weighted by Crippen LogP contribution is -1.98. The van der Waals surface area contributed by atoms with Crippen molar-refractivity contribution in [3.05, 3.63) is 77.7 Å². The summed E-state index contributed by atoms with van der Waals surface area (Å²) in [5.74, 6) is 0. The van der Waals surface area contributed by atoms with E-state index < -0.39 is 0 Å². The second kappa shape index (κ2) is 5.86. The maximum Gasteiger partial charge on any atom is 0.0838 e. The Hall–Kier alpha value is -2.65. The molecule has 3 heteroatoms. The van der Waals surface area contributed by atoms with E-state index >= 15 is 0 Å². The fourth-order valence-corrected chi connectivity index (χ4v) is 3.65. The van der Waals surface area contributed by atoms with Crippen LogP contribution in [0.4, 0.5) is 11.4 Å². The number of para-hydroxylation sites is 1. The van der Waals surface area contributed by atoms with Crippen LogP contribution >= 0.6 is 11.3 Å². The molecule has 4 aromatic rings. The number of fused-ring (bicyclic) bond motifs is 1. The van der Waals surface area contributed by atoms with Crippen molar-refractivity contribution in [3.63, 3.8) is 0 Å². The van der Waals surface area contributed by atoms with Gasteiger partial charge in [-0.05, 0) is 30.5 Å². The summed E-state index contributed by atoms with van der Waals surface area (Å²) < 4.78 is 1.20. The number of benzene rings is 2. The molecule has 0 unspecified atom stereocenters. The molecule has 23 heavy (non-hydrogen) atoms. The topological polar surface area (TPSA) is 24.9 Å². The number of pyridine rings is 1. The molecule has 2 nitrogen and oxygen atoms in total. The van der Waals surface area contributed by atoms with E-state index in [1.54, 1.807) is 11.3 Å². The zero-order valence-electron chi connectivity index (χ0n) is 12.8. The van der Waals surface area contributed by atoms with Crippen molar-refractivity contribution >= 4 is 32.9 Å². The first-order valence-electron chi connectivity index (χ1n) is 7.58. The average molecular weight is 316 g/mol. The van der Waals surface area contributed by atoms with E-state index in [1.165, 1.54) is 10.3 Å². The van der Waals surface area contributed by atoms with E-state index in [-0.39, 0.29) is 0 Å². The summed E-state index contributed by atoms with van der Waals surface area (Å²) in [5, 5.41) is 5.68. The fraction of sp³-hybridized carbons (Fsp3) is 0.0500. The van der Waals surface area contributed by atoms with Crippen molar-refractivity contribution in [2.24, 2.45) is 0 Å². The highest BCUT2D eigenvalue weighted by atomic mass is 32.1. The van der Waals surface area contributed by atoms with Gasteiger partial charge in [0.15, 0.2) is 0 Å². The van der Waals surface area contributed by atoms with Gasteiger partial charge < -0.3 is 5.32 Å². The Kier molecular flexibility index (Phi) is 3.56. The summed E-state index contributed by atoms with van der Waals surface area (Å²) in [6.07, 6.45) is 0. The Morgan fingerprint density at radius 3 is 2.30 bits per heavy atom. The third-order valence-electron chi connectivity index (χ3n) is 3.92. The van der Waals surface area contributed by atoms with Crippen LogP contribution in [-0.4, -0.2) is 4.98 Å². The Morgan fingerprint density at radius 2 is 1.57 bits per heavy atom. The number of aromatic nitrogens is 1. The van der Waals surface area contributed by atoms with Crippen LogP contribution in [0.25, 0.3) is 21.5 Å². The molecular weight excluding hydrogens is 300 g/mol. The molecule has 0 saturated heterocycles. The molecule has 0 bridgehead atoms. The van der Waals surface area contributed by atoms with Gasteiger partial charge in [0, 0.05) is 16.8 Å². The lowest BCUT2D eigenvalue weighted by molar-refractivity contribution is 1.33. The van der Waals surface area contributed by atoms with E-state index in [4.69, 9.17) is 4.98 Å². The molecule has 0 amide bonds. The molecule has 2 heterocycles. The number of rotatable bonds is 3. The summed E-state index contributed by atoms with van der Waals surface area (Å²) >= 11 is 1.73. The highest BCUT2D eigenvalue weighted by Crippen LogP contribution is 2.37. The lowest BCUT2D eigenvalue weighted by atomic mass is 10.0. The van der Waals surface area contributed by atoms with Crippen LogP contribution in [0.1, 0.15) is 5.56 Å². The zero-order chi connectivity index (χ0) is 15.6. The highest BCUT2D eigenvalue weighted by Gasteiger charge is 2.14. The molecule has 1 N–H and O–H groups in total. The lowest BCUT2D eigenvalue weighted by Gasteiger charge is -2.14. The van der Waals surface area contributed by atoms with Crippen LogP contribution in [0.2, 0.25) is 0 Å². The van der Waals surface area contributed by atoms with Gasteiger partial charge in [-0.3, -0.25) is 0 Å². The standard InChI is InChI=1S/C20H16N2S/c1-14-18(15-8-4-2-5-9-15)22-17-12-13-23-20(17)19(14)21-16-10-6-3-7-11-16/h2-13H,1H3,(H,21,22). The van der Waals surface area contributed by atoms with Crippen molar-refractivity contribution < 1.29 is 0 Å². The van der Waals surface area contributed by atoms with Crippen molar-refractivity contribution in [1.29, 1.82) is 0 Å². The van der Waals surface area contributed by atoms with Gasteiger partial charge in [-0.2, -0.15) is 0 Å². The van der Waals surface area contributed by atoms with E-state index in [9.17, 15) is 0 Å². The second-order valence-electron chi connectivity index (χ2n) is 5.45. The summed E-state index contributed by atoms with van der Waals surface area (Å²) in [4.78, 5) is 4.88. The van der Waals surface area contributed by atoms with E-state index in [0.717, 1.165) is 28.1 Å². The van der Waals surface area contributed by atoms with Gasteiger partial charge in [0.05, 0.1) is 21.6 Å². The third kappa shape index (κ3) is 2.60. The summed E-state index contributed by atoms with van der Waals surface area (Å²) in [6, 6.07) is 22.7. The molecule has 0 radical (unpaired) electrons. The Morgan fingerprint density at radius 1 is 0.870 bits per heavy atom. The molecule has 2 aromatic carbocycles. The Bertz CT molecular complexity index is 943. The maximum absolute atomic E-state index is 4.88. The minimum Gasteiger partial charge on any atom is -0.354 e. The van der Waals surface area contributed by atoms with Gasteiger partial charge in [0.1, 0.15) is 0 Å². The van der Waals surface area contributed by atoms with Crippen molar-refractivity contribution in [2.45, 2.75) is 6.92 Å². The SMILES string of the molecule is Cc1c(-c2ccccc2)nc2ccsc2c1Nc1ccccc1. The van der Waals surface area contributed by atoms with Gasteiger partial charge in [0.2, 0.25) is 0 Å². The third-order valence-corrected chi connectivity index (χ3v) is 4.85. The molecule has 0 aliphatic heterocycles. The molecule has 4 rings (SSSR count). The smallest absolute Gasteiger partial charge is 0.0838 e. The second-order valence-corrected chi connectivity index (χ2v) is 6.37. The van der Waals surface area contributed by atoms with Crippen LogP contribution < -0.4 is 5.32 Å². The van der Waals surface area contributed by atoms with Crippen LogP contribution in [0, 0.1) is 6.92 Å². The van der Waals surface area contributed by atoms with E-state index in [2.05, 4.69) is 60.1 Å². The normalized spacial score (nSPS) is 10.8. The quantitative estimate of drug-likeness (QED) is 0.500. The minimum absolute atomic E-state index is 1.04. The van der Waals surface area contributed by atoms with Gasteiger partial charge in [-0.25, -0.2) is 4.98 Å². The number of nitrogens with zero attached hydrogens (tertiary/aromatic N) is 1. The molecule has 112 valence electrons. The average Bonchev–Trinajstić information content (AvgIpc) is 3.07. The predicted molar refractivity (Wildman–Crippen MR) is 99.5 cm³/mol. The van der Waals surface area contributed by atoms with Gasteiger partial charge in [-0.1, -0.05) is 48.5 Å². The predicted octanol–water partition coefficient (Wildman–Crippen LogP) is 6.02. The number of nitrogens with one attached hydrogen (secondary N) is 1. The van der Waals surface area contributed by atoms with Crippen LogP contribution in [0.15, 0.2) is 72.1 Å². The molecule has 0 atom stereocenters. The number of anilines is 2. The van der Waals surface area contributed by atoms with Gasteiger partial charge >= 0.3 is 0 Å². The Balaban J connectivity index is 1.92. The molecule has 0 spiro atoms. The van der Waals surface area contributed by atoms with Crippen LogP contribution in [-0.2, 0) is 0 Å². The maximum atomic E-state index is 4.88. The first kappa shape index (κ1) is 14.0. The summed E-state index contributed by atoms with van der Waals surface area (Å²) in [6.45, 7) is 2.14. The number of hydrogen-bond donors (Lipinski definition) is 1. The zero-order valence-corrected chi connectivity index (χ0v) is 13.6. The van der Waals surface area contributed by atoms with Crippen molar-refractivity contribution in [1.82, 2.24) is 4.98 Å².